The molecule has 1 unspecified atom stereocenters. The molecular weight excluding hydrogens is 283 g/mol. The molecule has 0 bridgehead atoms. The van der Waals surface area contributed by atoms with Crippen molar-refractivity contribution in [3.8, 4) is 0 Å². The zero-order valence-corrected chi connectivity index (χ0v) is 9.31. The van der Waals surface area contributed by atoms with Crippen molar-refractivity contribution in [3.63, 3.8) is 0 Å². The molecular formula is C7H9BrF3NO3. The summed E-state index contributed by atoms with van der Waals surface area (Å²) < 4.78 is 40.0. The van der Waals surface area contributed by atoms with E-state index in [0.29, 0.717) is 0 Å². The molecule has 0 aromatic heterocycles. The fraction of sp³-hybridized carbons (Fsp3) is 0.714. The molecule has 0 rings (SSSR count). The molecule has 4 nitrogen and oxygen atoms in total. The van der Waals surface area contributed by atoms with E-state index in [9.17, 15) is 22.8 Å². The summed E-state index contributed by atoms with van der Waals surface area (Å²) in [5, 5.41) is 1.39. The van der Waals surface area contributed by atoms with Crippen LogP contribution in [0.15, 0.2) is 0 Å². The van der Waals surface area contributed by atoms with Crippen LogP contribution in [0, 0.1) is 0 Å². The van der Waals surface area contributed by atoms with Crippen LogP contribution < -0.4 is 5.32 Å². The third kappa shape index (κ3) is 5.12. The van der Waals surface area contributed by atoms with E-state index < -0.39 is 23.9 Å². The number of alkyl halides is 4. The predicted molar refractivity (Wildman–Crippen MR) is 48.7 cm³/mol. The van der Waals surface area contributed by atoms with Crippen molar-refractivity contribution >= 4 is 27.6 Å². The second-order valence-electron chi connectivity index (χ2n) is 2.58. The topological polar surface area (TPSA) is 55.4 Å². The van der Waals surface area contributed by atoms with Crippen LogP contribution in [0.4, 0.5) is 13.2 Å². The van der Waals surface area contributed by atoms with E-state index in [4.69, 9.17) is 0 Å². The molecule has 0 radical (unpaired) electrons. The van der Waals surface area contributed by atoms with Crippen LogP contribution in [-0.4, -0.2) is 43.0 Å². The fourth-order valence-corrected chi connectivity index (χ4v) is 1.11. The SMILES string of the molecule is COCC(NC(=O)C(F)(F)F)C(=O)CBr. The van der Waals surface area contributed by atoms with Crippen LogP contribution in [0.25, 0.3) is 0 Å². The molecule has 15 heavy (non-hydrogen) atoms. The number of methoxy groups -OCH3 is 1. The first-order valence-corrected chi connectivity index (χ1v) is 4.90. The number of ether oxygens (including phenoxy) is 1. The normalized spacial score (nSPS) is 13.4. The van der Waals surface area contributed by atoms with Gasteiger partial charge in [0.2, 0.25) is 0 Å². The van der Waals surface area contributed by atoms with Crippen LogP contribution in [0.2, 0.25) is 0 Å². The summed E-state index contributed by atoms with van der Waals surface area (Å²) in [6, 6.07) is -1.29. The van der Waals surface area contributed by atoms with Crippen molar-refractivity contribution in [2.45, 2.75) is 12.2 Å². The van der Waals surface area contributed by atoms with Crippen molar-refractivity contribution < 1.29 is 27.5 Å². The highest BCUT2D eigenvalue weighted by molar-refractivity contribution is 9.09. The Hall–Kier alpha value is -0.630. The molecule has 0 aromatic rings. The van der Waals surface area contributed by atoms with E-state index in [2.05, 4.69) is 20.7 Å². The summed E-state index contributed by atoms with van der Waals surface area (Å²) in [5.74, 6) is -2.74. The van der Waals surface area contributed by atoms with Gasteiger partial charge in [-0.15, -0.1) is 0 Å². The van der Waals surface area contributed by atoms with Crippen LogP contribution >= 0.6 is 15.9 Å². The highest BCUT2D eigenvalue weighted by Gasteiger charge is 2.40. The molecule has 0 aliphatic rings. The average Bonchev–Trinajstić information content (AvgIpc) is 2.14. The Morgan fingerprint density at radius 1 is 1.47 bits per heavy atom. The zero-order valence-electron chi connectivity index (χ0n) is 7.73. The van der Waals surface area contributed by atoms with Gasteiger partial charge in [-0.1, -0.05) is 15.9 Å². The Balaban J connectivity index is 4.42. The van der Waals surface area contributed by atoms with Crippen LogP contribution in [0.3, 0.4) is 0 Å². The van der Waals surface area contributed by atoms with Gasteiger partial charge in [0, 0.05) is 7.11 Å². The summed E-state index contributed by atoms with van der Waals surface area (Å²) in [6.07, 6.45) is -5.00. The van der Waals surface area contributed by atoms with Crippen molar-refractivity contribution in [1.82, 2.24) is 5.32 Å². The number of rotatable bonds is 5. The summed E-state index contributed by atoms with van der Waals surface area (Å²) >= 11 is 2.79. The maximum Gasteiger partial charge on any atom is 0.471 e. The zero-order chi connectivity index (χ0) is 12.1. The van der Waals surface area contributed by atoms with Gasteiger partial charge in [0.1, 0.15) is 6.04 Å². The van der Waals surface area contributed by atoms with E-state index in [0.717, 1.165) is 0 Å². The molecule has 0 saturated carbocycles. The minimum absolute atomic E-state index is 0.154. The number of ketones is 1. The van der Waals surface area contributed by atoms with Crippen molar-refractivity contribution in [1.29, 1.82) is 0 Å². The molecule has 0 aliphatic heterocycles. The minimum atomic E-state index is -5.00. The van der Waals surface area contributed by atoms with Gasteiger partial charge in [-0.2, -0.15) is 13.2 Å². The Labute approximate surface area is 92.3 Å². The highest BCUT2D eigenvalue weighted by Crippen LogP contribution is 2.14. The minimum Gasteiger partial charge on any atom is -0.382 e. The molecule has 8 heteroatoms. The lowest BCUT2D eigenvalue weighted by Crippen LogP contribution is -2.49. The van der Waals surface area contributed by atoms with Gasteiger partial charge in [-0.05, 0) is 0 Å². The maximum atomic E-state index is 11.8. The van der Waals surface area contributed by atoms with E-state index in [1.807, 2.05) is 0 Å². The fourth-order valence-electron chi connectivity index (χ4n) is 0.715. The van der Waals surface area contributed by atoms with Gasteiger partial charge in [0.05, 0.1) is 11.9 Å². The van der Waals surface area contributed by atoms with Crippen molar-refractivity contribution in [3.05, 3.63) is 0 Å². The standard InChI is InChI=1S/C7H9BrF3NO3/c1-15-3-4(5(13)2-8)12-6(14)7(9,10)11/h4H,2-3H2,1H3,(H,12,14). The van der Waals surface area contributed by atoms with E-state index in [1.165, 1.54) is 7.11 Å². The molecule has 0 fully saturated rings. The second-order valence-corrected chi connectivity index (χ2v) is 3.14. The number of nitrogens with one attached hydrogen (secondary N) is 1. The van der Waals surface area contributed by atoms with Gasteiger partial charge < -0.3 is 10.1 Å². The Bertz CT molecular complexity index is 244. The van der Waals surface area contributed by atoms with Crippen LogP contribution in [0.1, 0.15) is 0 Å². The Morgan fingerprint density at radius 3 is 2.33 bits per heavy atom. The lowest BCUT2D eigenvalue weighted by Gasteiger charge is -2.16. The first kappa shape index (κ1) is 14.4. The van der Waals surface area contributed by atoms with E-state index in [1.54, 1.807) is 5.32 Å². The molecule has 0 heterocycles. The van der Waals surface area contributed by atoms with E-state index >= 15 is 0 Å². The largest absolute Gasteiger partial charge is 0.471 e. The maximum absolute atomic E-state index is 11.8. The van der Waals surface area contributed by atoms with Gasteiger partial charge in [-0.25, -0.2) is 0 Å². The first-order chi connectivity index (χ1) is 6.82. The van der Waals surface area contributed by atoms with Gasteiger partial charge >= 0.3 is 12.1 Å². The van der Waals surface area contributed by atoms with Gasteiger partial charge in [-0.3, -0.25) is 9.59 Å². The summed E-state index contributed by atoms with van der Waals surface area (Å²) in [5.41, 5.74) is 0. The Kier molecular flexibility index (Phi) is 5.81. The number of carbonyl (C=O) groups is 2. The van der Waals surface area contributed by atoms with E-state index in [-0.39, 0.29) is 11.9 Å². The molecule has 0 spiro atoms. The number of Topliss-reactive ketones (excluding diaryl/α,β-unsaturated/α-hetero) is 1. The number of halogens is 4. The number of amides is 1. The third-order valence-electron chi connectivity index (χ3n) is 1.42. The number of carbonyl (C=O) groups excluding carboxylic acids is 2. The quantitative estimate of drug-likeness (QED) is 0.757. The number of hydrogen-bond donors (Lipinski definition) is 1. The molecule has 0 saturated heterocycles. The Morgan fingerprint density at radius 2 is 2.00 bits per heavy atom. The lowest BCUT2D eigenvalue weighted by atomic mass is 10.2. The monoisotopic (exact) mass is 291 g/mol. The van der Waals surface area contributed by atoms with Crippen LogP contribution in [-0.2, 0) is 14.3 Å². The summed E-state index contributed by atoms with van der Waals surface area (Å²) in [7, 11) is 1.22. The molecule has 88 valence electrons. The third-order valence-corrected chi connectivity index (χ3v) is 1.97. The van der Waals surface area contributed by atoms with Gasteiger partial charge in [0.25, 0.3) is 0 Å². The predicted octanol–water partition coefficient (Wildman–Crippen LogP) is 0.644. The van der Waals surface area contributed by atoms with Crippen molar-refractivity contribution in [2.24, 2.45) is 0 Å². The average molecular weight is 292 g/mol. The highest BCUT2D eigenvalue weighted by atomic mass is 79.9. The molecule has 1 N–H and O–H groups in total. The number of hydrogen-bond acceptors (Lipinski definition) is 3. The smallest absolute Gasteiger partial charge is 0.382 e. The molecule has 0 aliphatic carbocycles. The van der Waals surface area contributed by atoms with Crippen LogP contribution in [0.5, 0.6) is 0 Å². The second kappa shape index (κ2) is 6.06. The molecule has 0 aromatic carbocycles. The first-order valence-electron chi connectivity index (χ1n) is 3.78. The molecule has 1 amide bonds. The summed E-state index contributed by atoms with van der Waals surface area (Å²) in [4.78, 5) is 21.6. The van der Waals surface area contributed by atoms with Gasteiger partial charge in [0.15, 0.2) is 5.78 Å². The van der Waals surface area contributed by atoms with Crippen molar-refractivity contribution in [2.75, 3.05) is 19.0 Å². The lowest BCUT2D eigenvalue weighted by molar-refractivity contribution is -0.175. The molecule has 1 atom stereocenters. The summed E-state index contributed by atoms with van der Waals surface area (Å²) in [6.45, 7) is -0.299.